The van der Waals surface area contributed by atoms with Gasteiger partial charge in [-0.25, -0.2) is 0 Å². The van der Waals surface area contributed by atoms with Gasteiger partial charge in [-0.3, -0.25) is 9.78 Å². The van der Waals surface area contributed by atoms with Crippen molar-refractivity contribution in [3.05, 3.63) is 64.3 Å². The molecular weight excluding hydrogens is 347 g/mol. The maximum Gasteiger partial charge on any atom is 0.262 e. The molecule has 0 aliphatic rings. The van der Waals surface area contributed by atoms with Gasteiger partial charge < -0.3 is 10.1 Å². The number of halogens is 2. The monoisotopic (exact) mass is 360 g/mol. The molecule has 3 aromatic rings. The maximum atomic E-state index is 12.1. The van der Waals surface area contributed by atoms with E-state index in [1.165, 1.54) is 0 Å². The summed E-state index contributed by atoms with van der Waals surface area (Å²) in [6.45, 7) is 1.70. The molecule has 0 saturated carbocycles. The molecule has 1 amide bonds. The van der Waals surface area contributed by atoms with Crippen LogP contribution in [0.1, 0.15) is 5.56 Å². The number of carbonyl (C=O) groups excluding carboxylic acids is 1. The number of rotatable bonds is 4. The summed E-state index contributed by atoms with van der Waals surface area (Å²) in [4.78, 5) is 16.4. The minimum atomic E-state index is -0.278. The van der Waals surface area contributed by atoms with E-state index >= 15 is 0 Å². The largest absolute Gasteiger partial charge is 0.481 e. The van der Waals surface area contributed by atoms with Crippen LogP contribution in [-0.2, 0) is 4.79 Å². The molecule has 0 aliphatic heterocycles. The first-order chi connectivity index (χ1) is 11.6. The summed E-state index contributed by atoms with van der Waals surface area (Å²) in [7, 11) is 0. The molecule has 0 fully saturated rings. The first-order valence-electron chi connectivity index (χ1n) is 7.27. The van der Waals surface area contributed by atoms with E-state index in [2.05, 4.69) is 10.3 Å². The zero-order valence-corrected chi connectivity index (χ0v) is 14.4. The number of ether oxygens (including phenoxy) is 1. The first kappa shape index (κ1) is 16.6. The van der Waals surface area contributed by atoms with Crippen LogP contribution in [0.2, 0.25) is 10.0 Å². The number of hydrogen-bond acceptors (Lipinski definition) is 3. The van der Waals surface area contributed by atoms with Gasteiger partial charge in [0.05, 0.1) is 5.02 Å². The van der Waals surface area contributed by atoms with Crippen molar-refractivity contribution in [2.75, 3.05) is 11.9 Å². The number of fused-ring (bicyclic) bond motifs is 1. The highest BCUT2D eigenvalue weighted by molar-refractivity contribution is 6.35. The van der Waals surface area contributed by atoms with E-state index < -0.39 is 0 Å². The first-order valence-corrected chi connectivity index (χ1v) is 8.03. The zero-order chi connectivity index (χ0) is 17.1. The van der Waals surface area contributed by atoms with Crippen molar-refractivity contribution in [2.24, 2.45) is 0 Å². The van der Waals surface area contributed by atoms with Crippen LogP contribution in [0.5, 0.6) is 5.75 Å². The van der Waals surface area contributed by atoms with Gasteiger partial charge >= 0.3 is 0 Å². The van der Waals surface area contributed by atoms with E-state index in [0.29, 0.717) is 27.0 Å². The molecule has 24 heavy (non-hydrogen) atoms. The Morgan fingerprint density at radius 3 is 2.79 bits per heavy atom. The Morgan fingerprint density at radius 1 is 1.12 bits per heavy atom. The van der Waals surface area contributed by atoms with Crippen LogP contribution >= 0.6 is 23.2 Å². The summed E-state index contributed by atoms with van der Waals surface area (Å²) in [5.41, 5.74) is 2.10. The van der Waals surface area contributed by atoms with Crippen LogP contribution in [0.25, 0.3) is 10.9 Å². The Bertz CT molecular complexity index is 913. The molecule has 0 spiro atoms. The summed E-state index contributed by atoms with van der Waals surface area (Å²) < 4.78 is 5.61. The van der Waals surface area contributed by atoms with Crippen LogP contribution in [0.3, 0.4) is 0 Å². The number of carbonyl (C=O) groups is 1. The molecule has 0 bridgehead atoms. The quantitative estimate of drug-likeness (QED) is 0.722. The molecule has 0 unspecified atom stereocenters. The molecule has 0 atom stereocenters. The Kier molecular flexibility index (Phi) is 4.88. The molecule has 1 N–H and O–H groups in total. The van der Waals surface area contributed by atoms with Crippen LogP contribution in [-0.4, -0.2) is 17.5 Å². The SMILES string of the molecule is Cc1c(Cl)cccc1NC(=O)COc1ccc(Cl)c2cccnc12. The van der Waals surface area contributed by atoms with Gasteiger partial charge in [0.1, 0.15) is 11.3 Å². The number of aromatic nitrogens is 1. The van der Waals surface area contributed by atoms with Crippen molar-refractivity contribution in [2.45, 2.75) is 6.92 Å². The van der Waals surface area contributed by atoms with Crippen molar-refractivity contribution >= 4 is 45.7 Å². The molecule has 0 saturated heterocycles. The van der Waals surface area contributed by atoms with Gasteiger partial charge in [-0.2, -0.15) is 0 Å². The van der Waals surface area contributed by atoms with E-state index in [1.54, 1.807) is 42.6 Å². The number of benzene rings is 2. The fourth-order valence-electron chi connectivity index (χ4n) is 2.30. The standard InChI is InChI=1S/C18H14Cl2N2O2/c1-11-13(19)5-2-6-15(11)22-17(23)10-24-16-8-7-14(20)12-4-3-9-21-18(12)16/h2-9H,10H2,1H3,(H,22,23). The third-order valence-electron chi connectivity index (χ3n) is 3.58. The molecule has 6 heteroatoms. The van der Waals surface area contributed by atoms with Gasteiger partial charge in [-0.15, -0.1) is 0 Å². The van der Waals surface area contributed by atoms with E-state index in [9.17, 15) is 4.79 Å². The predicted molar refractivity (Wildman–Crippen MR) is 97.1 cm³/mol. The molecule has 4 nitrogen and oxygen atoms in total. The van der Waals surface area contributed by atoms with E-state index in [0.717, 1.165) is 10.9 Å². The Hall–Kier alpha value is -2.30. The average molecular weight is 361 g/mol. The lowest BCUT2D eigenvalue weighted by atomic mass is 10.2. The Balaban J connectivity index is 1.73. The number of nitrogens with zero attached hydrogens (tertiary/aromatic N) is 1. The molecule has 1 aromatic heterocycles. The Labute approximate surface area is 149 Å². The highest BCUT2D eigenvalue weighted by Crippen LogP contribution is 2.29. The second kappa shape index (κ2) is 7.07. The van der Waals surface area contributed by atoms with E-state index in [4.69, 9.17) is 27.9 Å². The number of nitrogens with one attached hydrogen (secondary N) is 1. The third kappa shape index (κ3) is 3.45. The fourth-order valence-corrected chi connectivity index (χ4v) is 2.69. The van der Waals surface area contributed by atoms with Crippen LogP contribution in [0.4, 0.5) is 5.69 Å². The van der Waals surface area contributed by atoms with Gasteiger partial charge in [0.2, 0.25) is 0 Å². The lowest BCUT2D eigenvalue weighted by Crippen LogP contribution is -2.20. The number of pyridine rings is 1. The van der Waals surface area contributed by atoms with Crippen molar-refractivity contribution in [1.82, 2.24) is 4.98 Å². The fraction of sp³-hybridized carbons (Fsp3) is 0.111. The molecule has 2 aromatic carbocycles. The predicted octanol–water partition coefficient (Wildman–Crippen LogP) is 4.87. The van der Waals surface area contributed by atoms with Crippen molar-refractivity contribution < 1.29 is 9.53 Å². The Morgan fingerprint density at radius 2 is 1.96 bits per heavy atom. The van der Waals surface area contributed by atoms with Crippen LogP contribution in [0.15, 0.2) is 48.7 Å². The summed E-state index contributed by atoms with van der Waals surface area (Å²) in [6, 6.07) is 12.4. The normalized spacial score (nSPS) is 10.6. The van der Waals surface area contributed by atoms with Crippen LogP contribution < -0.4 is 10.1 Å². The minimum Gasteiger partial charge on any atom is -0.481 e. The van der Waals surface area contributed by atoms with E-state index in [-0.39, 0.29) is 12.5 Å². The molecule has 0 aliphatic carbocycles. The highest BCUT2D eigenvalue weighted by atomic mass is 35.5. The van der Waals surface area contributed by atoms with Gasteiger partial charge in [-0.1, -0.05) is 29.3 Å². The summed E-state index contributed by atoms with van der Waals surface area (Å²) in [5.74, 6) is 0.229. The lowest BCUT2D eigenvalue weighted by Gasteiger charge is -2.11. The second-order valence-corrected chi connectivity index (χ2v) is 6.01. The highest BCUT2D eigenvalue weighted by Gasteiger charge is 2.10. The minimum absolute atomic E-state index is 0.140. The van der Waals surface area contributed by atoms with Gasteiger partial charge in [0, 0.05) is 22.3 Å². The van der Waals surface area contributed by atoms with Gasteiger partial charge in [-0.05, 0) is 48.9 Å². The van der Waals surface area contributed by atoms with Crippen molar-refractivity contribution in [1.29, 1.82) is 0 Å². The second-order valence-electron chi connectivity index (χ2n) is 5.19. The molecule has 3 rings (SSSR count). The zero-order valence-electron chi connectivity index (χ0n) is 12.8. The average Bonchev–Trinajstić information content (AvgIpc) is 2.59. The molecule has 0 radical (unpaired) electrons. The van der Waals surface area contributed by atoms with Crippen molar-refractivity contribution in [3.8, 4) is 5.75 Å². The number of hydrogen-bond donors (Lipinski definition) is 1. The maximum absolute atomic E-state index is 12.1. The summed E-state index contributed by atoms with van der Waals surface area (Å²) in [5, 5.41) is 4.75. The van der Waals surface area contributed by atoms with Crippen molar-refractivity contribution in [3.63, 3.8) is 0 Å². The summed E-state index contributed by atoms with van der Waals surface area (Å²) >= 11 is 12.2. The van der Waals surface area contributed by atoms with Gasteiger partial charge in [0.25, 0.3) is 5.91 Å². The van der Waals surface area contributed by atoms with Crippen LogP contribution in [0, 0.1) is 6.92 Å². The number of amides is 1. The number of anilines is 1. The third-order valence-corrected chi connectivity index (χ3v) is 4.32. The van der Waals surface area contributed by atoms with Gasteiger partial charge in [0.15, 0.2) is 6.61 Å². The molecule has 1 heterocycles. The smallest absolute Gasteiger partial charge is 0.262 e. The van der Waals surface area contributed by atoms with E-state index in [1.807, 2.05) is 13.0 Å². The summed E-state index contributed by atoms with van der Waals surface area (Å²) in [6.07, 6.45) is 1.65. The molecule has 122 valence electrons. The topological polar surface area (TPSA) is 51.2 Å². The molecular formula is C18H14Cl2N2O2. The lowest BCUT2D eigenvalue weighted by molar-refractivity contribution is -0.118.